The van der Waals surface area contributed by atoms with Crippen LogP contribution in [0.1, 0.15) is 37.9 Å². The highest BCUT2D eigenvalue weighted by Gasteiger charge is 2.27. The van der Waals surface area contributed by atoms with Crippen LogP contribution in [0.2, 0.25) is 0 Å². The van der Waals surface area contributed by atoms with E-state index in [0.29, 0.717) is 34.0 Å². The van der Waals surface area contributed by atoms with Crippen molar-refractivity contribution < 1.29 is 18.7 Å². The maximum Gasteiger partial charge on any atom is 0.339 e. The van der Waals surface area contributed by atoms with Crippen LogP contribution in [-0.2, 0) is 4.74 Å². The Balaban J connectivity index is 1.36. The second-order valence-corrected chi connectivity index (χ2v) is 8.28. The lowest BCUT2D eigenvalue weighted by Crippen LogP contribution is -2.20. The van der Waals surface area contributed by atoms with Crippen molar-refractivity contribution >= 4 is 11.8 Å². The fourth-order valence-corrected chi connectivity index (χ4v) is 3.73. The van der Waals surface area contributed by atoms with Gasteiger partial charge in [0.15, 0.2) is 6.10 Å². The predicted molar refractivity (Wildman–Crippen MR) is 135 cm³/mol. The van der Waals surface area contributed by atoms with Crippen LogP contribution >= 0.6 is 0 Å². The van der Waals surface area contributed by atoms with Crippen LogP contribution in [-0.4, -0.2) is 21.9 Å². The second-order valence-electron chi connectivity index (χ2n) is 8.28. The number of carbonyl (C=O) groups is 2. The number of nitrogens with zero attached hydrogens (tertiary/aromatic N) is 2. The van der Waals surface area contributed by atoms with Crippen LogP contribution in [0.3, 0.4) is 0 Å². The Kier molecular flexibility index (Phi) is 6.49. The van der Waals surface area contributed by atoms with Gasteiger partial charge in [-0.3, -0.25) is 4.79 Å². The van der Waals surface area contributed by atoms with E-state index in [-0.39, 0.29) is 5.78 Å². The van der Waals surface area contributed by atoms with E-state index in [2.05, 4.69) is 10.2 Å². The van der Waals surface area contributed by atoms with Crippen LogP contribution in [0.15, 0.2) is 114 Å². The highest BCUT2D eigenvalue weighted by Crippen LogP contribution is 2.26. The molecule has 1 aromatic heterocycles. The van der Waals surface area contributed by atoms with Crippen LogP contribution in [0.25, 0.3) is 22.9 Å². The van der Waals surface area contributed by atoms with E-state index < -0.39 is 12.1 Å². The number of Topliss-reactive ketones (excluding diaryl/α,β-unsaturated/α-hetero) is 1. The minimum atomic E-state index is -1.06. The maximum atomic E-state index is 13.3. The molecule has 0 spiro atoms. The normalized spacial score (nSPS) is 11.6. The summed E-state index contributed by atoms with van der Waals surface area (Å²) >= 11 is 0. The molecule has 0 fully saturated rings. The Bertz CT molecular complexity index is 1480. The summed E-state index contributed by atoms with van der Waals surface area (Å²) in [7, 11) is 0. The van der Waals surface area contributed by atoms with Gasteiger partial charge in [-0.15, -0.1) is 10.2 Å². The summed E-state index contributed by atoms with van der Waals surface area (Å²) < 4.78 is 11.5. The molecule has 6 heteroatoms. The standard InChI is InChI=1S/C30H22N2O4/c1-20-12-14-21(15-13-20)26(33)27(22-8-4-2-5-9-22)35-30(34)25-18-16-24(17-19-25)29-32-31-28(36-29)23-10-6-3-7-11-23/h2-19,27H,1H3/t27-/m0/s1. The van der Waals surface area contributed by atoms with Gasteiger partial charge in [-0.25, -0.2) is 4.79 Å². The first-order chi connectivity index (χ1) is 17.6. The molecule has 0 aliphatic carbocycles. The molecule has 6 nitrogen and oxygen atoms in total. The zero-order valence-corrected chi connectivity index (χ0v) is 19.5. The van der Waals surface area contributed by atoms with Crippen molar-refractivity contribution in [2.24, 2.45) is 0 Å². The van der Waals surface area contributed by atoms with E-state index in [1.165, 1.54) is 0 Å². The Labute approximate surface area is 208 Å². The average Bonchev–Trinajstić information content (AvgIpc) is 3.43. The lowest BCUT2D eigenvalue weighted by atomic mass is 9.99. The highest BCUT2D eigenvalue weighted by molar-refractivity contribution is 6.02. The Morgan fingerprint density at radius 2 is 1.19 bits per heavy atom. The van der Waals surface area contributed by atoms with Gasteiger partial charge in [-0.05, 0) is 43.3 Å². The largest absolute Gasteiger partial charge is 0.445 e. The monoisotopic (exact) mass is 474 g/mol. The molecule has 5 aromatic rings. The molecule has 0 saturated heterocycles. The third-order valence-corrected chi connectivity index (χ3v) is 5.71. The SMILES string of the molecule is Cc1ccc(C(=O)[C@@H](OC(=O)c2ccc(-c3nnc(-c4ccccc4)o3)cc2)c2ccccc2)cc1. The molecule has 0 N–H and O–H groups in total. The molecule has 1 heterocycles. The van der Waals surface area contributed by atoms with E-state index in [0.717, 1.165) is 11.1 Å². The van der Waals surface area contributed by atoms with Gasteiger partial charge in [0.05, 0.1) is 5.56 Å². The molecule has 0 saturated carbocycles. The second kappa shape index (κ2) is 10.2. The van der Waals surface area contributed by atoms with Crippen LogP contribution in [0.5, 0.6) is 0 Å². The van der Waals surface area contributed by atoms with E-state index in [1.54, 1.807) is 48.5 Å². The van der Waals surface area contributed by atoms with E-state index in [1.807, 2.05) is 67.6 Å². The van der Waals surface area contributed by atoms with Crippen molar-refractivity contribution in [2.45, 2.75) is 13.0 Å². The predicted octanol–water partition coefficient (Wildman–Crippen LogP) is 6.49. The molecule has 4 aromatic carbocycles. The summed E-state index contributed by atoms with van der Waals surface area (Å²) in [6.45, 7) is 1.95. The summed E-state index contributed by atoms with van der Waals surface area (Å²) in [5.74, 6) is -0.142. The van der Waals surface area contributed by atoms with E-state index in [9.17, 15) is 9.59 Å². The molecule has 176 valence electrons. The molecule has 0 bridgehead atoms. The maximum absolute atomic E-state index is 13.3. The summed E-state index contributed by atoms with van der Waals surface area (Å²) in [6.07, 6.45) is -1.06. The average molecular weight is 475 g/mol. The Morgan fingerprint density at radius 1 is 0.667 bits per heavy atom. The first-order valence-electron chi connectivity index (χ1n) is 11.4. The zero-order valence-electron chi connectivity index (χ0n) is 19.5. The number of ether oxygens (including phenoxy) is 1. The van der Waals surface area contributed by atoms with Crippen LogP contribution in [0.4, 0.5) is 0 Å². The lowest BCUT2D eigenvalue weighted by molar-refractivity contribution is 0.0280. The first-order valence-corrected chi connectivity index (χ1v) is 11.4. The van der Waals surface area contributed by atoms with Gasteiger partial charge in [-0.2, -0.15) is 0 Å². The number of hydrogen-bond acceptors (Lipinski definition) is 6. The number of aromatic nitrogens is 2. The summed E-state index contributed by atoms with van der Waals surface area (Å²) in [4.78, 5) is 26.3. The molecule has 0 amide bonds. The number of ketones is 1. The van der Waals surface area contributed by atoms with Crippen molar-refractivity contribution in [1.82, 2.24) is 10.2 Å². The van der Waals surface area contributed by atoms with Gasteiger partial charge < -0.3 is 9.15 Å². The molecule has 0 aliphatic rings. The smallest absolute Gasteiger partial charge is 0.339 e. The summed E-state index contributed by atoms with van der Waals surface area (Å²) in [5.41, 5.74) is 3.91. The number of hydrogen-bond donors (Lipinski definition) is 0. The molecule has 36 heavy (non-hydrogen) atoms. The highest BCUT2D eigenvalue weighted by atomic mass is 16.5. The van der Waals surface area contributed by atoms with Crippen molar-refractivity contribution in [3.63, 3.8) is 0 Å². The van der Waals surface area contributed by atoms with Crippen molar-refractivity contribution in [1.29, 1.82) is 0 Å². The van der Waals surface area contributed by atoms with Crippen molar-refractivity contribution in [3.05, 3.63) is 131 Å². The zero-order chi connectivity index (χ0) is 24.9. The van der Waals surface area contributed by atoms with Gasteiger partial charge in [-0.1, -0.05) is 78.4 Å². The van der Waals surface area contributed by atoms with Gasteiger partial charge in [0.2, 0.25) is 17.6 Å². The fraction of sp³-hybridized carbons (Fsp3) is 0.0667. The quantitative estimate of drug-likeness (QED) is 0.198. The molecule has 1 atom stereocenters. The van der Waals surface area contributed by atoms with Crippen molar-refractivity contribution in [2.75, 3.05) is 0 Å². The van der Waals surface area contributed by atoms with Crippen LogP contribution < -0.4 is 0 Å². The van der Waals surface area contributed by atoms with Gasteiger partial charge in [0.25, 0.3) is 0 Å². The first kappa shape index (κ1) is 22.9. The number of carbonyl (C=O) groups excluding carboxylic acids is 2. The molecule has 5 rings (SSSR count). The van der Waals surface area contributed by atoms with Gasteiger partial charge in [0, 0.05) is 22.3 Å². The molecule has 0 unspecified atom stereocenters. The Hall–Kier alpha value is -4.84. The summed E-state index contributed by atoms with van der Waals surface area (Å²) in [5, 5.41) is 8.21. The molecular formula is C30H22N2O4. The van der Waals surface area contributed by atoms with Gasteiger partial charge >= 0.3 is 5.97 Å². The summed E-state index contributed by atoms with van der Waals surface area (Å²) in [6, 6.07) is 32.3. The van der Waals surface area contributed by atoms with E-state index >= 15 is 0 Å². The van der Waals surface area contributed by atoms with E-state index in [4.69, 9.17) is 9.15 Å². The number of esters is 1. The number of rotatable bonds is 7. The third kappa shape index (κ3) is 4.98. The number of aryl methyl sites for hydroxylation is 1. The lowest BCUT2D eigenvalue weighted by Gasteiger charge is -2.18. The molecule has 0 radical (unpaired) electrons. The molecule has 0 aliphatic heterocycles. The Morgan fingerprint density at radius 3 is 1.81 bits per heavy atom. The minimum Gasteiger partial charge on any atom is -0.445 e. The van der Waals surface area contributed by atoms with Gasteiger partial charge in [0.1, 0.15) is 0 Å². The van der Waals surface area contributed by atoms with Crippen LogP contribution in [0, 0.1) is 6.92 Å². The number of benzene rings is 4. The minimum absolute atomic E-state index is 0.287. The molecular weight excluding hydrogens is 452 g/mol. The topological polar surface area (TPSA) is 82.3 Å². The van der Waals surface area contributed by atoms with Crippen molar-refractivity contribution in [3.8, 4) is 22.9 Å². The third-order valence-electron chi connectivity index (χ3n) is 5.71. The fourth-order valence-electron chi connectivity index (χ4n) is 3.73.